The summed E-state index contributed by atoms with van der Waals surface area (Å²) in [6.45, 7) is 5.71. The number of carbonyl (C=O) groups is 2. The van der Waals surface area contributed by atoms with E-state index in [0.717, 1.165) is 58.4 Å². The molecule has 1 unspecified atom stereocenters. The van der Waals surface area contributed by atoms with Crippen LogP contribution in [0.1, 0.15) is 25.7 Å². The van der Waals surface area contributed by atoms with Crippen LogP contribution in [0.4, 0.5) is 21.0 Å². The second-order valence-electron chi connectivity index (χ2n) is 8.66. The Bertz CT molecular complexity index is 933. The van der Waals surface area contributed by atoms with Crippen molar-refractivity contribution in [2.75, 3.05) is 49.5 Å². The molecule has 2 aliphatic heterocycles. The highest BCUT2D eigenvalue weighted by Gasteiger charge is 2.28. The van der Waals surface area contributed by atoms with Gasteiger partial charge in [0.15, 0.2) is 0 Å². The molecule has 7 nitrogen and oxygen atoms in total. The number of amides is 4. The van der Waals surface area contributed by atoms with Gasteiger partial charge in [-0.1, -0.05) is 41.9 Å². The van der Waals surface area contributed by atoms with Gasteiger partial charge in [-0.05, 0) is 49.9 Å². The average Bonchev–Trinajstić information content (AvgIpc) is 2.85. The van der Waals surface area contributed by atoms with Gasteiger partial charge in [0.1, 0.15) is 0 Å². The number of halogens is 1. The third kappa shape index (κ3) is 6.39. The van der Waals surface area contributed by atoms with E-state index in [9.17, 15) is 9.59 Å². The van der Waals surface area contributed by atoms with Crippen molar-refractivity contribution < 1.29 is 9.59 Å². The number of rotatable bonds is 5. The van der Waals surface area contributed by atoms with Crippen LogP contribution in [0.2, 0.25) is 5.02 Å². The molecular weight excluding hydrogens is 438 g/mol. The highest BCUT2D eigenvalue weighted by Crippen LogP contribution is 2.22. The van der Waals surface area contributed by atoms with E-state index in [1.54, 1.807) is 24.3 Å². The first kappa shape index (κ1) is 23.4. The largest absolute Gasteiger partial charge is 0.369 e. The third-order valence-corrected chi connectivity index (χ3v) is 6.83. The van der Waals surface area contributed by atoms with Gasteiger partial charge in [0, 0.05) is 51.0 Å². The number of piperidine rings is 1. The van der Waals surface area contributed by atoms with Crippen LogP contribution in [0.25, 0.3) is 0 Å². The molecule has 2 aliphatic rings. The number of hydrogen-bond acceptors (Lipinski definition) is 4. The molecule has 2 N–H and O–H groups in total. The predicted octanol–water partition coefficient (Wildman–Crippen LogP) is 4.65. The van der Waals surface area contributed by atoms with Crippen LogP contribution < -0.4 is 15.5 Å². The summed E-state index contributed by atoms with van der Waals surface area (Å²) in [6.07, 6.45) is 3.97. The van der Waals surface area contributed by atoms with E-state index in [1.165, 1.54) is 5.69 Å². The third-order valence-electron chi connectivity index (χ3n) is 6.50. The number of anilines is 2. The highest BCUT2D eigenvalue weighted by molar-refractivity contribution is 6.33. The molecule has 4 rings (SSSR count). The maximum absolute atomic E-state index is 12.8. The molecule has 2 fully saturated rings. The number of piperazine rings is 1. The Labute approximate surface area is 200 Å². The predicted molar refractivity (Wildman–Crippen MR) is 133 cm³/mol. The van der Waals surface area contributed by atoms with Gasteiger partial charge in [-0.3, -0.25) is 10.2 Å². The minimum absolute atomic E-state index is 0.152. The summed E-state index contributed by atoms with van der Waals surface area (Å²) in [6, 6.07) is 16.8. The number of likely N-dealkylation sites (tertiary alicyclic amines) is 1. The van der Waals surface area contributed by atoms with Gasteiger partial charge >= 0.3 is 12.1 Å². The molecule has 4 amide bonds. The second kappa shape index (κ2) is 11.4. The maximum atomic E-state index is 12.8. The van der Waals surface area contributed by atoms with Crippen LogP contribution in [-0.4, -0.2) is 67.2 Å². The minimum Gasteiger partial charge on any atom is -0.369 e. The van der Waals surface area contributed by atoms with Crippen LogP contribution >= 0.6 is 11.6 Å². The van der Waals surface area contributed by atoms with E-state index in [2.05, 4.69) is 44.7 Å². The van der Waals surface area contributed by atoms with Gasteiger partial charge in [-0.25, -0.2) is 9.59 Å². The molecule has 2 aromatic carbocycles. The monoisotopic (exact) mass is 469 g/mol. The van der Waals surface area contributed by atoms with E-state index < -0.39 is 6.03 Å². The summed E-state index contributed by atoms with van der Waals surface area (Å²) in [5.41, 5.74) is 1.76. The molecule has 0 spiro atoms. The zero-order valence-corrected chi connectivity index (χ0v) is 19.6. The van der Waals surface area contributed by atoms with E-state index in [4.69, 9.17) is 11.6 Å². The molecule has 2 aromatic rings. The summed E-state index contributed by atoms with van der Waals surface area (Å²) in [7, 11) is 0. The van der Waals surface area contributed by atoms with Gasteiger partial charge < -0.3 is 15.1 Å². The fourth-order valence-corrected chi connectivity index (χ4v) is 4.84. The van der Waals surface area contributed by atoms with E-state index in [1.807, 2.05) is 11.0 Å². The topological polar surface area (TPSA) is 67.9 Å². The normalized spacial score (nSPS) is 19.2. The number of hydrogen-bond donors (Lipinski definition) is 2. The molecule has 0 saturated carbocycles. The van der Waals surface area contributed by atoms with Gasteiger partial charge in [0.25, 0.3) is 0 Å². The molecule has 0 radical (unpaired) electrons. The van der Waals surface area contributed by atoms with E-state index in [-0.39, 0.29) is 12.1 Å². The standard InChI is InChI=1S/C25H32ClN5O2/c26-22-11-4-5-12-23(22)27-24(32)28-25(33)31-14-7-6-10-21(31)13-15-29-16-18-30(19-17-29)20-8-2-1-3-9-20/h1-5,8-9,11-12,21H,6-7,10,13-19H2,(H2,27,28,32,33). The average molecular weight is 470 g/mol. The zero-order chi connectivity index (χ0) is 23.0. The van der Waals surface area contributed by atoms with Gasteiger partial charge in [0.2, 0.25) is 0 Å². The molecule has 0 aliphatic carbocycles. The van der Waals surface area contributed by atoms with Crippen LogP contribution in [0.5, 0.6) is 0 Å². The molecule has 176 valence electrons. The molecular formula is C25H32ClN5O2. The van der Waals surface area contributed by atoms with Crippen molar-refractivity contribution in [3.8, 4) is 0 Å². The summed E-state index contributed by atoms with van der Waals surface area (Å²) in [5.74, 6) is 0. The van der Waals surface area contributed by atoms with Crippen molar-refractivity contribution >= 4 is 35.0 Å². The van der Waals surface area contributed by atoms with Crippen molar-refractivity contribution in [2.45, 2.75) is 31.7 Å². The lowest BCUT2D eigenvalue weighted by Gasteiger charge is -2.39. The van der Waals surface area contributed by atoms with Gasteiger partial charge in [-0.15, -0.1) is 0 Å². The first-order valence-electron chi connectivity index (χ1n) is 11.8. The number of imide groups is 1. The lowest BCUT2D eigenvalue weighted by atomic mass is 9.99. The second-order valence-corrected chi connectivity index (χ2v) is 9.07. The van der Waals surface area contributed by atoms with Crippen LogP contribution in [-0.2, 0) is 0 Å². The highest BCUT2D eigenvalue weighted by atomic mass is 35.5. The van der Waals surface area contributed by atoms with Crippen molar-refractivity contribution in [3.05, 3.63) is 59.6 Å². The summed E-state index contributed by atoms with van der Waals surface area (Å²) in [5, 5.41) is 5.56. The lowest BCUT2D eigenvalue weighted by Crippen LogP contribution is -2.52. The molecule has 1 atom stereocenters. The Morgan fingerprint density at radius 3 is 2.39 bits per heavy atom. The first-order chi connectivity index (χ1) is 16.1. The van der Waals surface area contributed by atoms with Crippen molar-refractivity contribution in [2.24, 2.45) is 0 Å². The Balaban J connectivity index is 1.25. The number of urea groups is 2. The summed E-state index contributed by atoms with van der Waals surface area (Å²) >= 11 is 6.09. The Hall–Kier alpha value is -2.77. The van der Waals surface area contributed by atoms with Crippen LogP contribution in [0.15, 0.2) is 54.6 Å². The summed E-state index contributed by atoms with van der Waals surface area (Å²) < 4.78 is 0. The zero-order valence-electron chi connectivity index (χ0n) is 18.9. The van der Waals surface area contributed by atoms with Gasteiger partial charge in [0.05, 0.1) is 10.7 Å². The SMILES string of the molecule is O=C(NC(=O)N1CCCCC1CCN1CCN(c2ccccc2)CC1)Nc1ccccc1Cl. The number of para-hydroxylation sites is 2. The van der Waals surface area contributed by atoms with Crippen molar-refractivity contribution in [1.29, 1.82) is 0 Å². The number of carbonyl (C=O) groups excluding carboxylic acids is 2. The fourth-order valence-electron chi connectivity index (χ4n) is 4.65. The first-order valence-corrected chi connectivity index (χ1v) is 12.1. The van der Waals surface area contributed by atoms with Crippen molar-refractivity contribution in [3.63, 3.8) is 0 Å². The Morgan fingerprint density at radius 1 is 0.909 bits per heavy atom. The lowest BCUT2D eigenvalue weighted by molar-refractivity contribution is 0.136. The number of nitrogens with zero attached hydrogens (tertiary/aromatic N) is 3. The molecule has 33 heavy (non-hydrogen) atoms. The molecule has 0 aromatic heterocycles. The van der Waals surface area contributed by atoms with Crippen LogP contribution in [0.3, 0.4) is 0 Å². The fraction of sp³-hybridized carbons (Fsp3) is 0.440. The number of nitrogens with one attached hydrogen (secondary N) is 2. The van der Waals surface area contributed by atoms with E-state index in [0.29, 0.717) is 17.3 Å². The van der Waals surface area contributed by atoms with Crippen molar-refractivity contribution in [1.82, 2.24) is 15.1 Å². The number of benzene rings is 2. The maximum Gasteiger partial charge on any atom is 0.327 e. The summed E-state index contributed by atoms with van der Waals surface area (Å²) in [4.78, 5) is 31.9. The molecule has 2 saturated heterocycles. The Morgan fingerprint density at radius 2 is 1.64 bits per heavy atom. The minimum atomic E-state index is -0.561. The molecule has 2 heterocycles. The Kier molecular flexibility index (Phi) is 8.07. The smallest absolute Gasteiger partial charge is 0.327 e. The van der Waals surface area contributed by atoms with Crippen LogP contribution in [0, 0.1) is 0 Å². The van der Waals surface area contributed by atoms with E-state index >= 15 is 0 Å². The molecule has 0 bridgehead atoms. The molecule has 8 heteroatoms. The van der Waals surface area contributed by atoms with Gasteiger partial charge in [-0.2, -0.15) is 0 Å². The quantitative estimate of drug-likeness (QED) is 0.669.